The molecule has 3 rings (SSSR count). The van der Waals surface area contributed by atoms with Gasteiger partial charge < -0.3 is 20.1 Å². The van der Waals surface area contributed by atoms with Gasteiger partial charge in [0, 0.05) is 17.7 Å². The first-order chi connectivity index (χ1) is 12.9. The summed E-state index contributed by atoms with van der Waals surface area (Å²) in [5, 5.41) is 4.90. The Morgan fingerprint density at radius 1 is 1.22 bits per heavy atom. The summed E-state index contributed by atoms with van der Waals surface area (Å²) in [7, 11) is 1.23. The fourth-order valence-corrected chi connectivity index (χ4v) is 2.95. The summed E-state index contributed by atoms with van der Waals surface area (Å²) >= 11 is 5.69. The molecule has 1 atom stereocenters. The second-order valence-electron chi connectivity index (χ2n) is 5.75. The topological polar surface area (TPSA) is 76.7 Å². The predicted molar refractivity (Wildman–Crippen MR) is 94.2 cm³/mol. The lowest BCUT2D eigenvalue weighted by atomic mass is 9.97. The second-order valence-corrected chi connectivity index (χ2v) is 6.16. The number of anilines is 1. The minimum atomic E-state index is -0.793. The molecule has 2 N–H and O–H groups in total. The zero-order chi connectivity index (χ0) is 19.6. The van der Waals surface area contributed by atoms with Crippen LogP contribution in [0.15, 0.2) is 30.3 Å². The van der Waals surface area contributed by atoms with E-state index in [9.17, 15) is 18.4 Å². The van der Waals surface area contributed by atoms with Gasteiger partial charge in [0.15, 0.2) is 0 Å². The summed E-state index contributed by atoms with van der Waals surface area (Å²) in [4.78, 5) is 24.1. The van der Waals surface area contributed by atoms with E-state index < -0.39 is 29.7 Å². The van der Waals surface area contributed by atoms with Gasteiger partial charge >= 0.3 is 6.09 Å². The van der Waals surface area contributed by atoms with Crippen molar-refractivity contribution in [3.8, 4) is 5.75 Å². The molecule has 0 radical (unpaired) electrons. The van der Waals surface area contributed by atoms with Gasteiger partial charge in [-0.15, -0.1) is 0 Å². The van der Waals surface area contributed by atoms with Gasteiger partial charge in [0.2, 0.25) is 0 Å². The third kappa shape index (κ3) is 3.95. The number of rotatable bonds is 3. The molecular weight excluding hydrogens is 382 g/mol. The average Bonchev–Trinajstić information content (AvgIpc) is 2.64. The SMILES string of the molecule is COC(=O)NC1CCOc2c1ccc(F)c2C(=O)Nc1ccc(F)c(Cl)c1. The van der Waals surface area contributed by atoms with Crippen LogP contribution < -0.4 is 15.4 Å². The monoisotopic (exact) mass is 396 g/mol. The summed E-state index contributed by atoms with van der Waals surface area (Å²) in [6.45, 7) is 0.174. The number of methoxy groups -OCH3 is 1. The number of amides is 2. The second kappa shape index (κ2) is 7.79. The summed E-state index contributed by atoms with van der Waals surface area (Å²) in [5.41, 5.74) is 0.336. The predicted octanol–water partition coefficient (Wildman–Crippen LogP) is 4.05. The van der Waals surface area contributed by atoms with E-state index >= 15 is 0 Å². The molecule has 0 aliphatic carbocycles. The van der Waals surface area contributed by atoms with Gasteiger partial charge in [0.05, 0.1) is 24.8 Å². The zero-order valence-electron chi connectivity index (χ0n) is 14.1. The van der Waals surface area contributed by atoms with Crippen LogP contribution >= 0.6 is 11.6 Å². The fraction of sp³-hybridized carbons (Fsp3) is 0.222. The highest BCUT2D eigenvalue weighted by Gasteiger charge is 2.30. The Kier molecular flexibility index (Phi) is 5.46. The van der Waals surface area contributed by atoms with Crippen molar-refractivity contribution >= 4 is 29.3 Å². The van der Waals surface area contributed by atoms with Crippen molar-refractivity contribution in [1.29, 1.82) is 0 Å². The van der Waals surface area contributed by atoms with E-state index in [0.29, 0.717) is 12.0 Å². The molecule has 142 valence electrons. The minimum absolute atomic E-state index is 0.0355. The van der Waals surface area contributed by atoms with Crippen LogP contribution in [0.4, 0.5) is 19.3 Å². The Labute approximate surface area is 158 Å². The van der Waals surface area contributed by atoms with E-state index in [0.717, 1.165) is 12.1 Å². The van der Waals surface area contributed by atoms with Crippen LogP contribution in [0, 0.1) is 11.6 Å². The summed E-state index contributed by atoms with van der Waals surface area (Å²) in [6, 6.07) is 5.66. The number of nitrogens with one attached hydrogen (secondary N) is 2. The number of benzene rings is 2. The standard InChI is InChI=1S/C18H15ClF2N2O4/c1-26-18(25)23-14-6-7-27-16-10(14)3-5-13(21)15(16)17(24)22-9-2-4-12(20)11(19)8-9/h2-5,8,14H,6-7H2,1H3,(H,22,24)(H,23,25). The number of halogens is 3. The van der Waals surface area contributed by atoms with Crippen molar-refractivity contribution in [1.82, 2.24) is 5.32 Å². The van der Waals surface area contributed by atoms with Crippen molar-refractivity contribution in [3.05, 3.63) is 58.1 Å². The van der Waals surface area contributed by atoms with Crippen LogP contribution in [0.5, 0.6) is 5.75 Å². The first-order valence-corrected chi connectivity index (χ1v) is 8.34. The highest BCUT2D eigenvalue weighted by molar-refractivity contribution is 6.31. The molecule has 0 aromatic heterocycles. The normalized spacial score (nSPS) is 15.3. The number of alkyl carbamates (subject to hydrolysis) is 1. The molecular formula is C18H15ClF2N2O4. The van der Waals surface area contributed by atoms with Crippen molar-refractivity contribution in [2.24, 2.45) is 0 Å². The van der Waals surface area contributed by atoms with Crippen molar-refractivity contribution < 1.29 is 27.8 Å². The van der Waals surface area contributed by atoms with E-state index in [1.165, 1.54) is 25.3 Å². The van der Waals surface area contributed by atoms with E-state index in [1.807, 2.05) is 0 Å². The summed E-state index contributed by atoms with van der Waals surface area (Å²) < 4.78 is 37.7. The summed E-state index contributed by atoms with van der Waals surface area (Å²) in [6.07, 6.45) is -0.216. The third-order valence-electron chi connectivity index (χ3n) is 4.05. The van der Waals surface area contributed by atoms with Crippen LogP contribution in [0.25, 0.3) is 0 Å². The Bertz CT molecular complexity index is 907. The molecule has 27 heavy (non-hydrogen) atoms. The number of hydrogen-bond acceptors (Lipinski definition) is 4. The maximum Gasteiger partial charge on any atom is 0.407 e. The van der Waals surface area contributed by atoms with Gasteiger partial charge in [-0.1, -0.05) is 17.7 Å². The van der Waals surface area contributed by atoms with Crippen molar-refractivity contribution in [2.75, 3.05) is 19.0 Å². The lowest BCUT2D eigenvalue weighted by Crippen LogP contribution is -2.33. The highest BCUT2D eigenvalue weighted by Crippen LogP contribution is 2.37. The molecule has 0 saturated heterocycles. The molecule has 0 spiro atoms. The number of fused-ring (bicyclic) bond motifs is 1. The largest absolute Gasteiger partial charge is 0.492 e. The quantitative estimate of drug-likeness (QED) is 0.820. The minimum Gasteiger partial charge on any atom is -0.492 e. The molecule has 0 fully saturated rings. The molecule has 1 aliphatic heterocycles. The lowest BCUT2D eigenvalue weighted by Gasteiger charge is -2.27. The fourth-order valence-electron chi connectivity index (χ4n) is 2.77. The Balaban J connectivity index is 1.93. The average molecular weight is 397 g/mol. The third-order valence-corrected chi connectivity index (χ3v) is 4.34. The molecule has 2 aromatic carbocycles. The highest BCUT2D eigenvalue weighted by atomic mass is 35.5. The van der Waals surface area contributed by atoms with Gasteiger partial charge in [-0.2, -0.15) is 0 Å². The van der Waals surface area contributed by atoms with E-state index in [2.05, 4.69) is 15.4 Å². The Hall–Kier alpha value is -2.87. The van der Waals surface area contributed by atoms with E-state index in [-0.39, 0.29) is 28.6 Å². The van der Waals surface area contributed by atoms with Gasteiger partial charge in [-0.3, -0.25) is 4.79 Å². The molecule has 6 nitrogen and oxygen atoms in total. The Morgan fingerprint density at radius 2 is 1.96 bits per heavy atom. The zero-order valence-corrected chi connectivity index (χ0v) is 14.9. The Morgan fingerprint density at radius 3 is 2.67 bits per heavy atom. The van der Waals surface area contributed by atoms with Crippen molar-refractivity contribution in [3.63, 3.8) is 0 Å². The molecule has 2 amide bonds. The van der Waals surface area contributed by atoms with Gasteiger partial charge in [-0.25, -0.2) is 13.6 Å². The van der Waals surface area contributed by atoms with E-state index in [1.54, 1.807) is 0 Å². The maximum atomic E-state index is 14.4. The summed E-state index contributed by atoms with van der Waals surface area (Å²) in [5.74, 6) is -2.18. The molecule has 1 unspecified atom stereocenters. The molecule has 1 aliphatic rings. The molecule has 0 saturated carbocycles. The van der Waals surface area contributed by atoms with Gasteiger partial charge in [0.25, 0.3) is 5.91 Å². The smallest absolute Gasteiger partial charge is 0.407 e. The lowest BCUT2D eigenvalue weighted by molar-refractivity contribution is 0.101. The molecule has 9 heteroatoms. The van der Waals surface area contributed by atoms with Crippen LogP contribution in [0.3, 0.4) is 0 Å². The molecule has 2 aromatic rings. The maximum absolute atomic E-state index is 14.4. The van der Waals surface area contributed by atoms with Gasteiger partial charge in [0.1, 0.15) is 22.9 Å². The number of carbonyl (C=O) groups is 2. The van der Waals surface area contributed by atoms with E-state index in [4.69, 9.17) is 16.3 Å². The number of carbonyl (C=O) groups excluding carboxylic acids is 2. The first kappa shape index (κ1) is 18.9. The number of hydrogen-bond donors (Lipinski definition) is 2. The molecule has 0 bridgehead atoms. The van der Waals surface area contributed by atoms with Crippen molar-refractivity contribution in [2.45, 2.75) is 12.5 Å². The van der Waals surface area contributed by atoms with Crippen LogP contribution in [-0.4, -0.2) is 25.7 Å². The molecule has 1 heterocycles. The van der Waals surface area contributed by atoms with Crippen LogP contribution in [0.2, 0.25) is 5.02 Å². The van der Waals surface area contributed by atoms with Gasteiger partial charge in [-0.05, 0) is 24.3 Å². The number of ether oxygens (including phenoxy) is 2. The van der Waals surface area contributed by atoms with Crippen LogP contribution in [0.1, 0.15) is 28.4 Å². The van der Waals surface area contributed by atoms with Crippen LogP contribution in [-0.2, 0) is 4.74 Å². The first-order valence-electron chi connectivity index (χ1n) is 7.96.